The summed E-state index contributed by atoms with van der Waals surface area (Å²) in [4.78, 5) is 0. The van der Waals surface area contributed by atoms with Crippen LogP contribution in [-0.4, -0.2) is 11.4 Å². The molecule has 0 aromatic carbocycles. The van der Waals surface area contributed by atoms with Crippen LogP contribution in [0.25, 0.3) is 0 Å². The Morgan fingerprint density at radius 2 is 2.10 bits per heavy atom. The van der Waals surface area contributed by atoms with Crippen LogP contribution in [0.4, 0.5) is 8.78 Å². The Labute approximate surface area is 118 Å². The Bertz CT molecular complexity index is 578. The molecule has 2 aliphatic carbocycles. The summed E-state index contributed by atoms with van der Waals surface area (Å²) in [7, 11) is 0. The first kappa shape index (κ1) is 14.6. The molecule has 3 heteroatoms. The van der Waals surface area contributed by atoms with Crippen molar-refractivity contribution in [2.75, 3.05) is 0 Å². The lowest BCUT2D eigenvalue weighted by molar-refractivity contribution is 0.206. The maximum absolute atomic E-state index is 14.8. The minimum absolute atomic E-state index is 0.117. The van der Waals surface area contributed by atoms with E-state index in [-0.39, 0.29) is 5.71 Å². The van der Waals surface area contributed by atoms with Crippen LogP contribution >= 0.6 is 0 Å². The Hall–Kier alpha value is -1.77. The zero-order chi connectivity index (χ0) is 15.1. The second-order valence-corrected chi connectivity index (χ2v) is 5.88. The van der Waals surface area contributed by atoms with E-state index >= 15 is 0 Å². The largest absolute Gasteiger partial charge is 0.305 e. The van der Waals surface area contributed by atoms with Crippen molar-refractivity contribution in [2.24, 2.45) is 11.3 Å². The Morgan fingerprint density at radius 1 is 1.50 bits per heavy atom. The van der Waals surface area contributed by atoms with Gasteiger partial charge in [-0.3, -0.25) is 0 Å². The third kappa shape index (κ3) is 2.33. The molecule has 1 fully saturated rings. The van der Waals surface area contributed by atoms with E-state index < -0.39 is 22.8 Å². The van der Waals surface area contributed by atoms with Crippen LogP contribution in [0, 0.1) is 16.7 Å². The van der Waals surface area contributed by atoms with E-state index in [2.05, 4.69) is 13.2 Å². The van der Waals surface area contributed by atoms with Gasteiger partial charge in [0, 0.05) is 11.1 Å². The topological polar surface area (TPSA) is 23.9 Å². The maximum atomic E-state index is 14.8. The number of allylic oxidation sites excluding steroid dienone is 8. The van der Waals surface area contributed by atoms with E-state index in [0.29, 0.717) is 5.57 Å². The molecule has 0 radical (unpaired) electrons. The SMILES string of the molecule is C=C/C=C\C(=N)C1C(C2(C)CC2=C)=CC(F)=CC1(C)F. The molecule has 1 N–H and O–H groups in total. The number of hydrogen-bond donors (Lipinski definition) is 1. The summed E-state index contributed by atoms with van der Waals surface area (Å²) >= 11 is 0. The molecule has 0 heterocycles. The molecular weight excluding hydrogens is 256 g/mol. The quantitative estimate of drug-likeness (QED) is 0.431. The minimum atomic E-state index is -1.91. The highest BCUT2D eigenvalue weighted by Crippen LogP contribution is 2.60. The number of halogens is 2. The maximum Gasteiger partial charge on any atom is 0.141 e. The average molecular weight is 275 g/mol. The van der Waals surface area contributed by atoms with Crippen molar-refractivity contribution in [3.63, 3.8) is 0 Å². The zero-order valence-corrected chi connectivity index (χ0v) is 11.8. The predicted octanol–water partition coefficient (Wildman–Crippen LogP) is 4.85. The van der Waals surface area contributed by atoms with Gasteiger partial charge in [-0.2, -0.15) is 0 Å². The van der Waals surface area contributed by atoms with Crippen molar-refractivity contribution in [1.29, 1.82) is 5.41 Å². The first-order valence-corrected chi connectivity index (χ1v) is 6.57. The Morgan fingerprint density at radius 3 is 2.60 bits per heavy atom. The molecule has 0 bridgehead atoms. The highest BCUT2D eigenvalue weighted by atomic mass is 19.1. The van der Waals surface area contributed by atoms with Crippen LogP contribution in [0.1, 0.15) is 20.3 Å². The third-order valence-electron chi connectivity index (χ3n) is 4.17. The molecule has 0 saturated heterocycles. The first-order valence-electron chi connectivity index (χ1n) is 6.57. The lowest BCUT2D eigenvalue weighted by atomic mass is 9.71. The molecule has 106 valence electrons. The molecule has 2 rings (SSSR count). The molecule has 3 atom stereocenters. The van der Waals surface area contributed by atoms with Gasteiger partial charge >= 0.3 is 0 Å². The van der Waals surface area contributed by atoms with Crippen molar-refractivity contribution in [2.45, 2.75) is 25.9 Å². The van der Waals surface area contributed by atoms with Gasteiger partial charge in [-0.05, 0) is 37.1 Å². The van der Waals surface area contributed by atoms with Gasteiger partial charge in [-0.1, -0.05) is 37.8 Å². The predicted molar refractivity (Wildman–Crippen MR) is 79.2 cm³/mol. The lowest BCUT2D eigenvalue weighted by Gasteiger charge is -2.35. The molecule has 1 nitrogen and oxygen atoms in total. The number of rotatable bonds is 4. The van der Waals surface area contributed by atoms with Crippen molar-refractivity contribution >= 4 is 5.71 Å². The fourth-order valence-electron chi connectivity index (χ4n) is 2.84. The average Bonchev–Trinajstić information content (AvgIpc) is 2.93. The summed E-state index contributed by atoms with van der Waals surface area (Å²) in [6.45, 7) is 10.7. The van der Waals surface area contributed by atoms with Crippen LogP contribution in [0.15, 0.2) is 60.5 Å². The summed E-state index contributed by atoms with van der Waals surface area (Å²) in [5, 5.41) is 8.12. The number of nitrogens with one attached hydrogen (secondary N) is 1. The van der Waals surface area contributed by atoms with Gasteiger partial charge in [0.25, 0.3) is 0 Å². The van der Waals surface area contributed by atoms with Crippen molar-refractivity contribution in [3.05, 3.63) is 60.5 Å². The molecule has 0 aliphatic heterocycles. The smallest absolute Gasteiger partial charge is 0.141 e. The molecular formula is C17H19F2N. The van der Waals surface area contributed by atoms with E-state index in [1.54, 1.807) is 6.08 Å². The zero-order valence-electron chi connectivity index (χ0n) is 11.8. The van der Waals surface area contributed by atoms with Crippen LogP contribution in [0.2, 0.25) is 0 Å². The van der Waals surface area contributed by atoms with Gasteiger partial charge in [0.1, 0.15) is 11.5 Å². The van der Waals surface area contributed by atoms with E-state index in [0.717, 1.165) is 18.1 Å². The van der Waals surface area contributed by atoms with E-state index in [4.69, 9.17) is 5.41 Å². The molecule has 0 spiro atoms. The summed E-state index contributed by atoms with van der Waals surface area (Å²) < 4.78 is 28.5. The van der Waals surface area contributed by atoms with E-state index in [1.807, 2.05) is 6.92 Å². The third-order valence-corrected chi connectivity index (χ3v) is 4.17. The molecule has 1 saturated carbocycles. The second-order valence-electron chi connectivity index (χ2n) is 5.88. The molecule has 20 heavy (non-hydrogen) atoms. The van der Waals surface area contributed by atoms with Gasteiger partial charge in [-0.25, -0.2) is 8.78 Å². The van der Waals surface area contributed by atoms with Crippen LogP contribution in [0.3, 0.4) is 0 Å². The fraction of sp³-hybridized carbons (Fsp3) is 0.353. The van der Waals surface area contributed by atoms with Gasteiger partial charge in [0.2, 0.25) is 0 Å². The number of hydrogen-bond acceptors (Lipinski definition) is 1. The van der Waals surface area contributed by atoms with Crippen LogP contribution in [0.5, 0.6) is 0 Å². The monoisotopic (exact) mass is 275 g/mol. The summed E-state index contributed by atoms with van der Waals surface area (Å²) in [6.07, 6.45) is 7.66. The summed E-state index contributed by atoms with van der Waals surface area (Å²) in [5.74, 6) is -1.37. The van der Waals surface area contributed by atoms with Crippen molar-refractivity contribution in [1.82, 2.24) is 0 Å². The fourth-order valence-corrected chi connectivity index (χ4v) is 2.84. The molecule has 0 amide bonds. The molecule has 2 aliphatic rings. The first-order chi connectivity index (χ1) is 9.22. The normalized spacial score (nSPS) is 36.6. The standard InChI is InChI=1S/C17H19F2N/c1-5-6-7-14(20)15-13(16(3)9-11(16)2)8-12(18)10-17(15,4)19/h5-8,10,15,20H,1-2,9H2,3-4H3/b7-6-,20-14?. The van der Waals surface area contributed by atoms with E-state index in [1.165, 1.54) is 25.2 Å². The van der Waals surface area contributed by atoms with E-state index in [9.17, 15) is 8.78 Å². The summed E-state index contributed by atoms with van der Waals surface area (Å²) in [5.41, 5.74) is -0.627. The van der Waals surface area contributed by atoms with Crippen molar-refractivity contribution < 1.29 is 8.78 Å². The Kier molecular flexibility index (Phi) is 3.41. The number of alkyl halides is 1. The van der Waals surface area contributed by atoms with Gasteiger partial charge in [-0.15, -0.1) is 0 Å². The van der Waals surface area contributed by atoms with Gasteiger partial charge < -0.3 is 5.41 Å². The second kappa shape index (κ2) is 4.65. The lowest BCUT2D eigenvalue weighted by Crippen LogP contribution is -2.38. The van der Waals surface area contributed by atoms with Gasteiger partial charge in [0.05, 0.1) is 5.92 Å². The summed E-state index contributed by atoms with van der Waals surface area (Å²) in [6, 6.07) is 0. The van der Waals surface area contributed by atoms with Gasteiger partial charge in [0.15, 0.2) is 0 Å². The van der Waals surface area contributed by atoms with Crippen LogP contribution < -0.4 is 0 Å². The molecule has 3 unspecified atom stereocenters. The minimum Gasteiger partial charge on any atom is -0.305 e. The molecule has 0 aromatic rings. The molecule has 0 aromatic heterocycles. The highest BCUT2D eigenvalue weighted by Gasteiger charge is 2.53. The van der Waals surface area contributed by atoms with Crippen LogP contribution in [-0.2, 0) is 0 Å². The van der Waals surface area contributed by atoms with Crippen molar-refractivity contribution in [3.8, 4) is 0 Å². The Balaban J connectivity index is 2.47. The highest BCUT2D eigenvalue weighted by molar-refractivity contribution is 5.98.